The Hall–Kier alpha value is -3.79. The van der Waals surface area contributed by atoms with E-state index in [-0.39, 0.29) is 5.91 Å². The van der Waals surface area contributed by atoms with E-state index in [1.165, 1.54) is 4.90 Å². The number of anilines is 1. The average molecular weight is 526 g/mol. The number of urea groups is 1. The van der Waals surface area contributed by atoms with Crippen molar-refractivity contribution in [3.63, 3.8) is 0 Å². The van der Waals surface area contributed by atoms with Gasteiger partial charge in [0, 0.05) is 45.7 Å². The van der Waals surface area contributed by atoms with Gasteiger partial charge >= 0.3 is 12.1 Å². The molecule has 0 spiro atoms. The molecule has 0 aliphatic carbocycles. The summed E-state index contributed by atoms with van der Waals surface area (Å²) in [6.45, 7) is 2.99. The van der Waals surface area contributed by atoms with Crippen LogP contribution in [0.3, 0.4) is 0 Å². The Morgan fingerprint density at radius 3 is 2.30 bits per heavy atom. The molecule has 37 heavy (non-hydrogen) atoms. The van der Waals surface area contributed by atoms with Gasteiger partial charge in [0.1, 0.15) is 6.04 Å². The van der Waals surface area contributed by atoms with E-state index in [4.69, 9.17) is 16.4 Å². The molecule has 3 saturated heterocycles. The van der Waals surface area contributed by atoms with Gasteiger partial charge in [-0.05, 0) is 30.5 Å². The van der Waals surface area contributed by atoms with Crippen LogP contribution in [-0.4, -0.2) is 84.1 Å². The lowest BCUT2D eigenvalue weighted by Gasteiger charge is -2.36. The molecule has 3 heterocycles. The maximum atomic E-state index is 12.9. The zero-order valence-corrected chi connectivity index (χ0v) is 21.0. The van der Waals surface area contributed by atoms with Gasteiger partial charge in [-0.25, -0.2) is 9.59 Å². The van der Waals surface area contributed by atoms with Crippen LogP contribution in [-0.2, 0) is 16.1 Å². The minimum atomic E-state index is -0.794. The lowest BCUT2D eigenvalue weighted by atomic mass is 10.1. The Balaban J connectivity index is 1.17. The standard InChI is InChI=1S/C26H28ClN5O5/c27-22-19(23(33)30-11-4-5-12-30)9-6-10-21(22)29-13-15-31(16-14-29)26(36)37-32-24(34)20(28-25(32)35)17-18-7-2-1-3-8-18/h1-3,6-10,20H,4-5,11-17H2,(H,28,35)/t20-/m0/s1. The molecule has 0 saturated carbocycles. The molecule has 0 radical (unpaired) electrons. The Bertz CT molecular complexity index is 1200. The third-order valence-corrected chi connectivity index (χ3v) is 7.31. The van der Waals surface area contributed by atoms with Gasteiger partial charge in [0.2, 0.25) is 0 Å². The number of nitrogens with zero attached hydrogens (tertiary/aromatic N) is 4. The predicted molar refractivity (Wildman–Crippen MR) is 136 cm³/mol. The maximum Gasteiger partial charge on any atom is 0.434 e. The normalized spacial score (nSPS) is 19.9. The monoisotopic (exact) mass is 525 g/mol. The molecule has 3 aliphatic rings. The van der Waals surface area contributed by atoms with E-state index < -0.39 is 24.1 Å². The largest absolute Gasteiger partial charge is 0.434 e. The van der Waals surface area contributed by atoms with Gasteiger partial charge in [0.15, 0.2) is 0 Å². The number of benzene rings is 2. The molecule has 194 valence electrons. The summed E-state index contributed by atoms with van der Waals surface area (Å²) < 4.78 is 0. The van der Waals surface area contributed by atoms with Gasteiger partial charge in [0.05, 0.1) is 16.3 Å². The number of hydrogen-bond donors (Lipinski definition) is 1. The van der Waals surface area contributed by atoms with Crippen LogP contribution in [0.2, 0.25) is 5.02 Å². The molecule has 2 aromatic rings. The summed E-state index contributed by atoms with van der Waals surface area (Å²) in [5, 5.41) is 3.48. The molecule has 10 nitrogen and oxygen atoms in total. The highest BCUT2D eigenvalue weighted by molar-refractivity contribution is 6.36. The van der Waals surface area contributed by atoms with Crippen molar-refractivity contribution >= 4 is 41.2 Å². The van der Waals surface area contributed by atoms with Crippen LogP contribution < -0.4 is 10.2 Å². The molecule has 0 unspecified atom stereocenters. The minimum Gasteiger partial charge on any atom is -0.367 e. The third kappa shape index (κ3) is 5.20. The number of amides is 5. The van der Waals surface area contributed by atoms with Gasteiger partial charge < -0.3 is 24.9 Å². The van der Waals surface area contributed by atoms with Crippen LogP contribution in [0.4, 0.5) is 15.3 Å². The second kappa shape index (κ2) is 10.7. The van der Waals surface area contributed by atoms with E-state index in [9.17, 15) is 19.2 Å². The predicted octanol–water partition coefficient (Wildman–Crippen LogP) is 2.91. The molecule has 0 aromatic heterocycles. The van der Waals surface area contributed by atoms with Gasteiger partial charge in [-0.15, -0.1) is 0 Å². The Labute approximate surface area is 219 Å². The zero-order chi connectivity index (χ0) is 25.9. The quantitative estimate of drug-likeness (QED) is 0.602. The van der Waals surface area contributed by atoms with Crippen LogP contribution in [0.1, 0.15) is 28.8 Å². The molecular formula is C26H28ClN5O5. The molecule has 2 aromatic carbocycles. The van der Waals surface area contributed by atoms with Crippen molar-refractivity contribution in [1.82, 2.24) is 20.2 Å². The number of carbonyl (C=O) groups is 4. The molecule has 5 rings (SSSR count). The molecule has 11 heteroatoms. The fourth-order valence-electron chi connectivity index (χ4n) is 4.87. The third-order valence-electron chi connectivity index (χ3n) is 6.91. The van der Waals surface area contributed by atoms with Gasteiger partial charge in [-0.3, -0.25) is 9.59 Å². The molecular weight excluding hydrogens is 498 g/mol. The lowest BCUT2D eigenvalue weighted by molar-refractivity contribution is -0.151. The summed E-state index contributed by atoms with van der Waals surface area (Å²) in [5.41, 5.74) is 2.10. The fraction of sp³-hybridized carbons (Fsp3) is 0.385. The van der Waals surface area contributed by atoms with Crippen LogP contribution in [0.5, 0.6) is 0 Å². The van der Waals surface area contributed by atoms with E-state index in [0.717, 1.165) is 37.2 Å². The Kier molecular flexibility index (Phi) is 7.18. The number of hydrogen-bond acceptors (Lipinski definition) is 6. The summed E-state index contributed by atoms with van der Waals surface area (Å²) in [6.07, 6.45) is 1.53. The van der Waals surface area contributed by atoms with Gasteiger partial charge in [-0.1, -0.05) is 53.1 Å². The van der Waals surface area contributed by atoms with E-state index in [1.54, 1.807) is 6.07 Å². The molecule has 5 amide bonds. The number of carbonyl (C=O) groups excluding carboxylic acids is 4. The fourth-order valence-corrected chi connectivity index (χ4v) is 5.20. The lowest BCUT2D eigenvalue weighted by Crippen LogP contribution is -2.50. The molecule has 0 bridgehead atoms. The Morgan fingerprint density at radius 1 is 0.892 bits per heavy atom. The van der Waals surface area contributed by atoms with Crippen molar-refractivity contribution in [3.05, 3.63) is 64.7 Å². The minimum absolute atomic E-state index is 0.0642. The smallest absolute Gasteiger partial charge is 0.367 e. The van der Waals surface area contributed by atoms with Gasteiger partial charge in [-0.2, -0.15) is 0 Å². The number of halogens is 1. The number of nitrogens with one attached hydrogen (secondary N) is 1. The number of rotatable bonds is 5. The Morgan fingerprint density at radius 2 is 1.59 bits per heavy atom. The van der Waals surface area contributed by atoms with E-state index in [1.807, 2.05) is 52.3 Å². The van der Waals surface area contributed by atoms with Crippen molar-refractivity contribution in [3.8, 4) is 0 Å². The first-order valence-electron chi connectivity index (χ1n) is 12.4. The number of likely N-dealkylation sites (tertiary alicyclic amines) is 1. The van der Waals surface area contributed by atoms with Gasteiger partial charge in [0.25, 0.3) is 11.8 Å². The first-order chi connectivity index (χ1) is 17.9. The topological polar surface area (TPSA) is 102 Å². The second-order valence-corrected chi connectivity index (χ2v) is 9.67. The van der Waals surface area contributed by atoms with E-state index in [2.05, 4.69) is 5.32 Å². The summed E-state index contributed by atoms with van der Waals surface area (Å²) in [6, 6.07) is 13.1. The van der Waals surface area contributed by atoms with Crippen LogP contribution in [0, 0.1) is 0 Å². The summed E-state index contributed by atoms with van der Waals surface area (Å²) in [7, 11) is 0. The van der Waals surface area contributed by atoms with Crippen molar-refractivity contribution in [2.45, 2.75) is 25.3 Å². The zero-order valence-electron chi connectivity index (χ0n) is 20.3. The molecule has 1 atom stereocenters. The summed E-state index contributed by atoms with van der Waals surface area (Å²) >= 11 is 6.65. The van der Waals surface area contributed by atoms with Crippen molar-refractivity contribution < 1.29 is 24.0 Å². The van der Waals surface area contributed by atoms with Crippen molar-refractivity contribution in [1.29, 1.82) is 0 Å². The number of imide groups is 1. The first kappa shape index (κ1) is 24.9. The summed E-state index contributed by atoms with van der Waals surface area (Å²) in [4.78, 5) is 61.1. The van der Waals surface area contributed by atoms with E-state index >= 15 is 0 Å². The number of piperazine rings is 1. The molecule has 3 fully saturated rings. The number of hydroxylamine groups is 2. The van der Waals surface area contributed by atoms with Crippen LogP contribution in [0.15, 0.2) is 48.5 Å². The second-order valence-electron chi connectivity index (χ2n) is 9.29. The van der Waals surface area contributed by atoms with Crippen LogP contribution in [0.25, 0.3) is 0 Å². The van der Waals surface area contributed by atoms with Crippen LogP contribution >= 0.6 is 11.6 Å². The highest BCUT2D eigenvalue weighted by atomic mass is 35.5. The maximum absolute atomic E-state index is 12.9. The molecule has 3 aliphatic heterocycles. The van der Waals surface area contributed by atoms with Crippen molar-refractivity contribution in [2.24, 2.45) is 0 Å². The molecule has 1 N–H and O–H groups in total. The SMILES string of the molecule is O=C(ON1C(=O)N[C@@H](Cc2ccccc2)C1=O)N1CCN(c2cccc(C(=O)N3CCCC3)c2Cl)CC1. The highest BCUT2D eigenvalue weighted by Gasteiger charge is 2.42. The average Bonchev–Trinajstić information content (AvgIpc) is 3.54. The van der Waals surface area contributed by atoms with Crippen molar-refractivity contribution in [2.75, 3.05) is 44.2 Å². The van der Waals surface area contributed by atoms with E-state index in [0.29, 0.717) is 48.2 Å². The first-order valence-corrected chi connectivity index (χ1v) is 12.8. The highest BCUT2D eigenvalue weighted by Crippen LogP contribution is 2.31. The summed E-state index contributed by atoms with van der Waals surface area (Å²) in [5.74, 6) is -0.669.